The van der Waals surface area contributed by atoms with Crippen molar-refractivity contribution < 1.29 is 14.7 Å². The van der Waals surface area contributed by atoms with Crippen LogP contribution in [0, 0.1) is 0 Å². The van der Waals surface area contributed by atoms with Gasteiger partial charge in [-0.1, -0.05) is 44.0 Å². The molecule has 0 amide bonds. The van der Waals surface area contributed by atoms with Crippen molar-refractivity contribution in [2.75, 3.05) is 6.54 Å². The number of aromatic carboxylic acids is 1. The van der Waals surface area contributed by atoms with Gasteiger partial charge < -0.3 is 14.8 Å². The number of rotatable bonds is 9. The molecule has 0 radical (unpaired) electrons. The first-order valence-electron chi connectivity index (χ1n) is 11.7. The maximum Gasteiger partial charge on any atom is 0.335 e. The fourth-order valence-electron chi connectivity index (χ4n) is 4.87. The first kappa shape index (κ1) is 22.3. The molecule has 1 aliphatic carbocycles. The van der Waals surface area contributed by atoms with Crippen molar-refractivity contribution in [3.63, 3.8) is 0 Å². The van der Waals surface area contributed by atoms with E-state index in [4.69, 9.17) is 0 Å². The summed E-state index contributed by atoms with van der Waals surface area (Å²) in [5.41, 5.74) is 4.69. The van der Waals surface area contributed by atoms with Crippen LogP contribution in [-0.2, 0) is 12.8 Å². The zero-order valence-electron chi connectivity index (χ0n) is 19.0. The van der Waals surface area contributed by atoms with Crippen LogP contribution in [0.3, 0.4) is 0 Å². The lowest BCUT2D eigenvalue weighted by molar-refractivity contribution is 0.0696. The van der Waals surface area contributed by atoms with Crippen LogP contribution in [0.25, 0.3) is 5.52 Å². The van der Waals surface area contributed by atoms with E-state index < -0.39 is 5.97 Å². The molecule has 0 bridgehead atoms. The Bertz CT molecular complexity index is 1120. The Balaban J connectivity index is 1.45. The number of carbonyl (C=O) groups excluding carboxylic acids is 1. The second kappa shape index (κ2) is 9.29. The number of aromatic nitrogens is 1. The first-order chi connectivity index (χ1) is 15.4. The summed E-state index contributed by atoms with van der Waals surface area (Å²) in [4.78, 5) is 24.6. The Morgan fingerprint density at radius 3 is 2.44 bits per heavy atom. The zero-order chi connectivity index (χ0) is 22.7. The van der Waals surface area contributed by atoms with Gasteiger partial charge in [0, 0.05) is 22.8 Å². The summed E-state index contributed by atoms with van der Waals surface area (Å²) < 4.78 is 1.80. The number of hydrogen-bond acceptors (Lipinski definition) is 3. The molecule has 0 aliphatic heterocycles. The third-order valence-corrected chi connectivity index (χ3v) is 6.81. The number of pyridine rings is 1. The molecule has 1 aromatic carbocycles. The summed E-state index contributed by atoms with van der Waals surface area (Å²) in [6.45, 7) is 5.36. The fraction of sp³-hybridized carbons (Fsp3) is 0.407. The van der Waals surface area contributed by atoms with Crippen LogP contribution in [0.15, 0.2) is 48.7 Å². The minimum atomic E-state index is -0.970. The second-order valence-corrected chi connectivity index (χ2v) is 9.21. The SMILES string of the molecule is CCc1cc2cc(C(=O)O)ccn2c1C(=O)c1ccc(CCCNC2(C)CCCC2)cc1. The minimum Gasteiger partial charge on any atom is -0.478 e. The van der Waals surface area contributed by atoms with Gasteiger partial charge in [0.25, 0.3) is 0 Å². The van der Waals surface area contributed by atoms with E-state index in [1.165, 1.54) is 37.3 Å². The summed E-state index contributed by atoms with van der Waals surface area (Å²) in [5.74, 6) is -1.00. The van der Waals surface area contributed by atoms with E-state index >= 15 is 0 Å². The molecular formula is C27H32N2O3. The highest BCUT2D eigenvalue weighted by molar-refractivity contribution is 6.09. The molecule has 5 heteroatoms. The van der Waals surface area contributed by atoms with Crippen LogP contribution in [0.2, 0.25) is 0 Å². The van der Waals surface area contributed by atoms with Gasteiger partial charge in [-0.05, 0) is 74.9 Å². The van der Waals surface area contributed by atoms with E-state index in [2.05, 4.69) is 24.4 Å². The van der Waals surface area contributed by atoms with Crippen LogP contribution in [0.1, 0.15) is 83.5 Å². The van der Waals surface area contributed by atoms with Crippen LogP contribution >= 0.6 is 0 Å². The van der Waals surface area contributed by atoms with Gasteiger partial charge in [-0.3, -0.25) is 4.79 Å². The van der Waals surface area contributed by atoms with Crippen LogP contribution in [-0.4, -0.2) is 33.3 Å². The third kappa shape index (κ3) is 4.63. The highest BCUT2D eigenvalue weighted by Gasteiger charge is 2.27. The van der Waals surface area contributed by atoms with E-state index in [0.29, 0.717) is 23.2 Å². The molecule has 0 spiro atoms. The normalized spacial score (nSPS) is 15.3. The summed E-state index contributed by atoms with van der Waals surface area (Å²) in [6.07, 6.45) is 9.66. The van der Waals surface area contributed by atoms with E-state index in [-0.39, 0.29) is 11.3 Å². The van der Waals surface area contributed by atoms with Gasteiger partial charge in [-0.25, -0.2) is 4.79 Å². The smallest absolute Gasteiger partial charge is 0.335 e. The lowest BCUT2D eigenvalue weighted by Gasteiger charge is -2.25. The number of nitrogens with one attached hydrogen (secondary N) is 1. The van der Waals surface area contributed by atoms with Crippen molar-refractivity contribution in [2.24, 2.45) is 0 Å². The Kier molecular flexibility index (Phi) is 6.47. The molecule has 1 fully saturated rings. The topological polar surface area (TPSA) is 70.8 Å². The monoisotopic (exact) mass is 432 g/mol. The zero-order valence-corrected chi connectivity index (χ0v) is 19.0. The van der Waals surface area contributed by atoms with E-state index in [1.54, 1.807) is 16.7 Å². The number of nitrogens with zero attached hydrogens (tertiary/aromatic N) is 1. The Labute approximate surface area is 189 Å². The molecule has 2 aromatic heterocycles. The highest BCUT2D eigenvalue weighted by Crippen LogP contribution is 2.28. The maximum absolute atomic E-state index is 13.3. The number of carboxylic acid groups (broad SMARTS) is 1. The molecule has 0 unspecified atom stereocenters. The van der Waals surface area contributed by atoms with Crippen molar-refractivity contribution in [2.45, 2.75) is 64.3 Å². The van der Waals surface area contributed by atoms with Crippen LogP contribution in [0.5, 0.6) is 0 Å². The predicted molar refractivity (Wildman–Crippen MR) is 127 cm³/mol. The van der Waals surface area contributed by atoms with Gasteiger partial charge in [-0.15, -0.1) is 0 Å². The molecular weight excluding hydrogens is 400 g/mol. The lowest BCUT2D eigenvalue weighted by atomic mass is 9.99. The standard InChI is InChI=1S/C27H32N2O3/c1-3-20-17-23-18-22(26(31)32)12-16-29(23)24(20)25(30)21-10-8-19(9-11-21)7-6-15-28-27(2)13-4-5-14-27/h8-12,16-18,28H,3-7,13-15H2,1-2H3,(H,31,32). The van der Waals surface area contributed by atoms with Crippen molar-refractivity contribution in [1.29, 1.82) is 0 Å². The van der Waals surface area contributed by atoms with Gasteiger partial charge in [0.05, 0.1) is 11.3 Å². The Morgan fingerprint density at radius 1 is 1.06 bits per heavy atom. The molecule has 0 saturated heterocycles. The average Bonchev–Trinajstić information content (AvgIpc) is 3.39. The number of fused-ring (bicyclic) bond motifs is 1. The Hall–Kier alpha value is -2.92. The molecule has 32 heavy (non-hydrogen) atoms. The van der Waals surface area contributed by atoms with Gasteiger partial charge >= 0.3 is 5.97 Å². The van der Waals surface area contributed by atoms with Crippen LogP contribution < -0.4 is 5.32 Å². The summed E-state index contributed by atoms with van der Waals surface area (Å²) >= 11 is 0. The number of carbonyl (C=O) groups is 2. The van der Waals surface area contributed by atoms with E-state index in [1.807, 2.05) is 25.1 Å². The first-order valence-corrected chi connectivity index (χ1v) is 11.7. The maximum atomic E-state index is 13.3. The molecule has 2 N–H and O–H groups in total. The number of hydrogen-bond donors (Lipinski definition) is 2. The van der Waals surface area contributed by atoms with Crippen molar-refractivity contribution in [3.05, 3.63) is 76.6 Å². The summed E-state index contributed by atoms with van der Waals surface area (Å²) in [5, 5.41) is 13.0. The average molecular weight is 433 g/mol. The molecule has 1 saturated carbocycles. The quantitative estimate of drug-likeness (QED) is 0.356. The molecule has 4 rings (SSSR count). The van der Waals surface area contributed by atoms with Crippen molar-refractivity contribution >= 4 is 17.3 Å². The lowest BCUT2D eigenvalue weighted by Crippen LogP contribution is -2.40. The van der Waals surface area contributed by atoms with Crippen LogP contribution in [0.4, 0.5) is 0 Å². The molecule has 168 valence electrons. The fourth-order valence-corrected chi connectivity index (χ4v) is 4.87. The number of ketones is 1. The third-order valence-electron chi connectivity index (χ3n) is 6.81. The van der Waals surface area contributed by atoms with Crippen molar-refractivity contribution in [1.82, 2.24) is 9.72 Å². The minimum absolute atomic E-state index is 0.0349. The number of benzene rings is 1. The van der Waals surface area contributed by atoms with E-state index in [0.717, 1.165) is 30.5 Å². The predicted octanol–water partition coefficient (Wildman–Crippen LogP) is 5.29. The highest BCUT2D eigenvalue weighted by atomic mass is 16.4. The molecule has 2 heterocycles. The molecule has 0 atom stereocenters. The van der Waals surface area contributed by atoms with Gasteiger partial charge in [0.1, 0.15) is 0 Å². The van der Waals surface area contributed by atoms with Gasteiger partial charge in [0.2, 0.25) is 5.78 Å². The van der Waals surface area contributed by atoms with Gasteiger partial charge in [-0.2, -0.15) is 0 Å². The largest absolute Gasteiger partial charge is 0.478 e. The summed E-state index contributed by atoms with van der Waals surface area (Å²) in [7, 11) is 0. The molecule has 5 nitrogen and oxygen atoms in total. The second-order valence-electron chi connectivity index (χ2n) is 9.21. The number of carboxylic acids is 1. The summed E-state index contributed by atoms with van der Waals surface area (Å²) in [6, 6.07) is 13.0. The van der Waals surface area contributed by atoms with Gasteiger partial charge in [0.15, 0.2) is 0 Å². The Morgan fingerprint density at radius 2 is 1.78 bits per heavy atom. The van der Waals surface area contributed by atoms with E-state index in [9.17, 15) is 14.7 Å². The molecule has 3 aromatic rings. The number of aryl methyl sites for hydroxylation is 2. The van der Waals surface area contributed by atoms with Crippen molar-refractivity contribution in [3.8, 4) is 0 Å². The molecule has 1 aliphatic rings.